The number of rotatable bonds is 3. The van der Waals surface area contributed by atoms with Gasteiger partial charge in [0.25, 0.3) is 0 Å². The van der Waals surface area contributed by atoms with Crippen molar-refractivity contribution in [2.75, 3.05) is 13.7 Å². The minimum atomic E-state index is -0.368. The zero-order valence-corrected chi connectivity index (χ0v) is 19.2. The Morgan fingerprint density at radius 1 is 1.00 bits per heavy atom. The molecular formula is C29H26O5. The summed E-state index contributed by atoms with van der Waals surface area (Å²) in [5.74, 6) is 5.49. The quantitative estimate of drug-likeness (QED) is 0.357. The van der Waals surface area contributed by atoms with Crippen molar-refractivity contribution in [3.63, 3.8) is 0 Å². The lowest BCUT2D eigenvalue weighted by molar-refractivity contribution is -0.140. The molecule has 0 bridgehead atoms. The zero-order valence-electron chi connectivity index (χ0n) is 19.2. The average Bonchev–Trinajstić information content (AvgIpc) is 3.23. The molecule has 172 valence electrons. The smallest absolute Gasteiger partial charge is 0.337 e. The Hall–Kier alpha value is -4.14. The van der Waals surface area contributed by atoms with E-state index in [4.69, 9.17) is 9.84 Å². The number of methoxy groups -OCH3 is 1. The van der Waals surface area contributed by atoms with Crippen molar-refractivity contribution in [2.24, 2.45) is 0 Å². The van der Waals surface area contributed by atoms with Gasteiger partial charge in [0.1, 0.15) is 6.10 Å². The van der Waals surface area contributed by atoms with Crippen LogP contribution in [0.4, 0.5) is 0 Å². The number of hydrogen-bond donors (Lipinski definition) is 1. The van der Waals surface area contributed by atoms with Crippen LogP contribution in [0.5, 0.6) is 0 Å². The molecule has 0 spiro atoms. The van der Waals surface area contributed by atoms with Gasteiger partial charge in [0.05, 0.1) is 19.3 Å². The third kappa shape index (κ3) is 7.19. The molecule has 5 nitrogen and oxygen atoms in total. The first kappa shape index (κ1) is 24.5. The largest absolute Gasteiger partial charge is 0.465 e. The minimum absolute atomic E-state index is 0.113. The Morgan fingerprint density at radius 2 is 1.59 bits per heavy atom. The number of cyclic esters (lactones) is 1. The van der Waals surface area contributed by atoms with Crippen LogP contribution in [0.15, 0.2) is 84.4 Å². The van der Waals surface area contributed by atoms with E-state index in [1.54, 1.807) is 18.2 Å². The van der Waals surface area contributed by atoms with Gasteiger partial charge in [-0.2, -0.15) is 0 Å². The zero-order chi connectivity index (χ0) is 24.3. The molecule has 3 aromatic carbocycles. The van der Waals surface area contributed by atoms with Crippen molar-refractivity contribution in [1.29, 1.82) is 0 Å². The number of carbonyl (C=O) groups excluding carboxylic acids is 2. The Bertz CT molecular complexity index is 1200. The third-order valence-corrected chi connectivity index (χ3v) is 5.04. The van der Waals surface area contributed by atoms with Crippen molar-refractivity contribution in [3.05, 3.63) is 112 Å². The summed E-state index contributed by atoms with van der Waals surface area (Å²) in [6, 6.07) is 24.7. The standard InChI is InChI=1S/C17H14O2.C12H12O3/c1-13-3-5-14(6-4-13)7-8-15-9-11-16(12-10-15)17(18)19-2;13-8-11-7-10(12(14)15-11)6-9-4-2-1-3-5-9/h3-6,9-12H,1-2H3;1-6,11,13H,7-8H2/b;10-6-. The molecule has 0 saturated carbocycles. The van der Waals surface area contributed by atoms with E-state index in [1.807, 2.05) is 73.7 Å². The van der Waals surface area contributed by atoms with Crippen LogP contribution < -0.4 is 0 Å². The van der Waals surface area contributed by atoms with Crippen LogP contribution in [0.2, 0.25) is 0 Å². The second kappa shape index (κ2) is 12.2. The molecule has 1 N–H and O–H groups in total. The summed E-state index contributed by atoms with van der Waals surface area (Å²) in [4.78, 5) is 22.6. The number of aliphatic hydroxyl groups excluding tert-OH is 1. The van der Waals surface area contributed by atoms with Crippen molar-refractivity contribution >= 4 is 18.0 Å². The van der Waals surface area contributed by atoms with E-state index in [1.165, 1.54) is 12.7 Å². The van der Waals surface area contributed by atoms with Crippen molar-refractivity contribution in [2.45, 2.75) is 19.4 Å². The van der Waals surface area contributed by atoms with Crippen LogP contribution in [0.3, 0.4) is 0 Å². The summed E-state index contributed by atoms with van der Waals surface area (Å²) in [6.45, 7) is 1.93. The highest BCUT2D eigenvalue weighted by Crippen LogP contribution is 2.22. The highest BCUT2D eigenvalue weighted by Gasteiger charge is 2.27. The van der Waals surface area contributed by atoms with Crippen molar-refractivity contribution in [3.8, 4) is 11.8 Å². The Morgan fingerprint density at radius 3 is 2.12 bits per heavy atom. The predicted octanol–water partition coefficient (Wildman–Crippen LogP) is 4.56. The normalized spacial score (nSPS) is 15.4. The molecule has 1 fully saturated rings. The molecule has 3 aromatic rings. The summed E-state index contributed by atoms with van der Waals surface area (Å²) in [5, 5.41) is 8.86. The number of hydrogen-bond acceptors (Lipinski definition) is 5. The molecule has 0 radical (unpaired) electrons. The number of aryl methyl sites for hydroxylation is 1. The summed E-state index contributed by atoms with van der Waals surface area (Å²) in [7, 11) is 1.37. The SMILES string of the molecule is COC(=O)c1ccc(C#Cc2ccc(C)cc2)cc1.O=C1OC(CO)C/C1=C/c1ccccc1. The highest BCUT2D eigenvalue weighted by molar-refractivity contribution is 5.95. The lowest BCUT2D eigenvalue weighted by Crippen LogP contribution is -2.10. The van der Waals surface area contributed by atoms with Crippen LogP contribution in [0.25, 0.3) is 6.08 Å². The molecular weight excluding hydrogens is 428 g/mol. The molecule has 1 aliphatic heterocycles. The number of benzene rings is 3. The van der Waals surface area contributed by atoms with Gasteiger partial charge >= 0.3 is 11.9 Å². The van der Waals surface area contributed by atoms with Gasteiger partial charge in [-0.25, -0.2) is 9.59 Å². The fraction of sp³-hybridized carbons (Fsp3) is 0.172. The first-order chi connectivity index (χ1) is 16.5. The van der Waals surface area contributed by atoms with E-state index in [0.717, 1.165) is 16.7 Å². The van der Waals surface area contributed by atoms with Crippen LogP contribution in [-0.2, 0) is 14.3 Å². The van der Waals surface area contributed by atoms with Gasteiger partial charge < -0.3 is 14.6 Å². The fourth-order valence-corrected chi connectivity index (χ4v) is 3.16. The molecule has 1 atom stereocenters. The van der Waals surface area contributed by atoms with Crippen molar-refractivity contribution in [1.82, 2.24) is 0 Å². The molecule has 5 heteroatoms. The maximum atomic E-state index is 11.3. The molecule has 0 aliphatic carbocycles. The summed E-state index contributed by atoms with van der Waals surface area (Å²) in [5.41, 5.74) is 5.19. The molecule has 0 amide bonds. The maximum absolute atomic E-state index is 11.3. The molecule has 34 heavy (non-hydrogen) atoms. The Kier molecular flexibility index (Phi) is 8.79. The monoisotopic (exact) mass is 454 g/mol. The van der Waals surface area contributed by atoms with Gasteiger partial charge in [-0.15, -0.1) is 0 Å². The van der Waals surface area contributed by atoms with E-state index < -0.39 is 0 Å². The number of esters is 2. The van der Waals surface area contributed by atoms with Gasteiger partial charge in [0, 0.05) is 23.1 Å². The van der Waals surface area contributed by atoms with Crippen LogP contribution in [0.1, 0.15) is 39.0 Å². The molecule has 4 rings (SSSR count). The number of carbonyl (C=O) groups is 2. The van der Waals surface area contributed by atoms with E-state index in [2.05, 4.69) is 16.6 Å². The molecule has 1 aliphatic rings. The highest BCUT2D eigenvalue weighted by atomic mass is 16.6. The predicted molar refractivity (Wildman–Crippen MR) is 131 cm³/mol. The molecule has 1 saturated heterocycles. The van der Waals surface area contributed by atoms with Gasteiger partial charge in [0.2, 0.25) is 0 Å². The average molecular weight is 455 g/mol. The van der Waals surface area contributed by atoms with Gasteiger partial charge in [-0.3, -0.25) is 0 Å². The fourth-order valence-electron chi connectivity index (χ4n) is 3.16. The first-order valence-electron chi connectivity index (χ1n) is 10.8. The minimum Gasteiger partial charge on any atom is -0.465 e. The van der Waals surface area contributed by atoms with E-state index in [9.17, 15) is 9.59 Å². The van der Waals surface area contributed by atoms with Gasteiger partial charge in [0.15, 0.2) is 0 Å². The lowest BCUT2D eigenvalue weighted by Gasteiger charge is -2.00. The van der Waals surface area contributed by atoms with Gasteiger partial charge in [-0.1, -0.05) is 59.9 Å². The van der Waals surface area contributed by atoms with Crippen LogP contribution in [0, 0.1) is 18.8 Å². The van der Waals surface area contributed by atoms with E-state index in [-0.39, 0.29) is 24.6 Å². The molecule has 1 heterocycles. The van der Waals surface area contributed by atoms with Crippen LogP contribution >= 0.6 is 0 Å². The first-order valence-corrected chi connectivity index (χ1v) is 10.8. The van der Waals surface area contributed by atoms with Crippen molar-refractivity contribution < 1.29 is 24.2 Å². The maximum Gasteiger partial charge on any atom is 0.337 e. The second-order valence-electron chi connectivity index (χ2n) is 7.68. The second-order valence-corrected chi connectivity index (χ2v) is 7.68. The summed E-state index contributed by atoms with van der Waals surface area (Å²) in [6.07, 6.45) is 1.93. The lowest BCUT2D eigenvalue weighted by atomic mass is 10.1. The van der Waals surface area contributed by atoms with Gasteiger partial charge in [-0.05, 0) is 55.0 Å². The topological polar surface area (TPSA) is 72.8 Å². The third-order valence-electron chi connectivity index (χ3n) is 5.04. The number of aliphatic hydroxyl groups is 1. The summed E-state index contributed by atoms with van der Waals surface area (Å²) < 4.78 is 9.58. The molecule has 0 aromatic heterocycles. The van der Waals surface area contributed by atoms with Crippen LogP contribution in [-0.4, -0.2) is 36.9 Å². The number of ether oxygens (including phenoxy) is 2. The summed E-state index contributed by atoms with van der Waals surface area (Å²) >= 11 is 0. The molecule has 1 unspecified atom stereocenters. The van der Waals surface area contributed by atoms with E-state index in [0.29, 0.717) is 17.6 Å². The Labute approximate surface area is 199 Å². The Balaban J connectivity index is 0.000000196. The van der Waals surface area contributed by atoms with E-state index >= 15 is 0 Å².